The molecule has 0 aromatic rings. The minimum Gasteiger partial charge on any atom is -0.356 e. The van der Waals surface area contributed by atoms with Crippen LogP contribution >= 0.6 is 0 Å². The second-order valence-electron chi connectivity index (χ2n) is 4.84. The maximum atomic E-state index is 11.6. The van der Waals surface area contributed by atoms with Crippen LogP contribution in [0.15, 0.2) is 0 Å². The van der Waals surface area contributed by atoms with Crippen molar-refractivity contribution in [2.24, 2.45) is 11.1 Å². The van der Waals surface area contributed by atoms with Crippen molar-refractivity contribution in [3.05, 3.63) is 0 Å². The van der Waals surface area contributed by atoms with Gasteiger partial charge >= 0.3 is 0 Å². The topological polar surface area (TPSA) is 84.2 Å². The monoisotopic (exact) mass is 229 g/mol. The third-order valence-electron chi connectivity index (χ3n) is 2.24. The van der Waals surface area contributed by atoms with E-state index in [2.05, 4.69) is 10.6 Å². The van der Waals surface area contributed by atoms with Crippen molar-refractivity contribution in [3.8, 4) is 0 Å². The smallest absolute Gasteiger partial charge is 0.237 e. The van der Waals surface area contributed by atoms with Crippen LogP contribution in [0.1, 0.15) is 34.1 Å². The lowest BCUT2D eigenvalue weighted by atomic mass is 9.87. The van der Waals surface area contributed by atoms with Gasteiger partial charge in [-0.3, -0.25) is 9.59 Å². The molecule has 0 saturated carbocycles. The summed E-state index contributed by atoms with van der Waals surface area (Å²) in [5, 5.41) is 5.31. The summed E-state index contributed by atoms with van der Waals surface area (Å²) in [6.07, 6.45) is 0.288. The summed E-state index contributed by atoms with van der Waals surface area (Å²) in [5.74, 6) is -0.274. The van der Waals surface area contributed by atoms with Gasteiger partial charge in [-0.25, -0.2) is 0 Å². The van der Waals surface area contributed by atoms with Gasteiger partial charge in [0, 0.05) is 19.5 Å². The standard InChI is InChI=1S/C11H23N3O2/c1-5-13-8(15)6-7-14-10(16)9(12)11(2,3)4/h9H,5-7,12H2,1-4H3,(H,13,15)(H,14,16). The fraction of sp³-hybridized carbons (Fsp3) is 0.818. The SMILES string of the molecule is CCNC(=O)CCNC(=O)C(N)C(C)(C)C. The number of amides is 2. The van der Waals surface area contributed by atoms with Gasteiger partial charge in [0.1, 0.15) is 0 Å². The van der Waals surface area contributed by atoms with Gasteiger partial charge in [0.15, 0.2) is 0 Å². The lowest BCUT2D eigenvalue weighted by molar-refractivity contribution is -0.124. The Morgan fingerprint density at radius 3 is 2.25 bits per heavy atom. The van der Waals surface area contributed by atoms with E-state index < -0.39 is 6.04 Å². The van der Waals surface area contributed by atoms with Crippen molar-refractivity contribution in [1.29, 1.82) is 0 Å². The number of carbonyl (C=O) groups excluding carboxylic acids is 2. The number of nitrogens with two attached hydrogens (primary N) is 1. The van der Waals surface area contributed by atoms with Crippen molar-refractivity contribution < 1.29 is 9.59 Å². The predicted octanol–water partition coefficient (Wildman–Crippen LogP) is 0.00220. The van der Waals surface area contributed by atoms with Crippen molar-refractivity contribution in [2.75, 3.05) is 13.1 Å². The Morgan fingerprint density at radius 1 is 1.25 bits per heavy atom. The molecule has 5 nitrogen and oxygen atoms in total. The number of hydrogen-bond donors (Lipinski definition) is 3. The summed E-state index contributed by atoms with van der Waals surface area (Å²) in [7, 11) is 0. The van der Waals surface area contributed by atoms with Gasteiger partial charge in [-0.1, -0.05) is 20.8 Å². The molecular weight excluding hydrogens is 206 g/mol. The predicted molar refractivity (Wildman–Crippen MR) is 63.7 cm³/mol. The van der Waals surface area contributed by atoms with Crippen LogP contribution in [0, 0.1) is 5.41 Å². The summed E-state index contributed by atoms with van der Waals surface area (Å²) >= 11 is 0. The maximum Gasteiger partial charge on any atom is 0.237 e. The molecule has 94 valence electrons. The molecule has 0 heterocycles. The molecule has 0 saturated heterocycles. The number of rotatable bonds is 5. The number of nitrogens with one attached hydrogen (secondary N) is 2. The first-order valence-electron chi connectivity index (χ1n) is 5.59. The zero-order valence-corrected chi connectivity index (χ0v) is 10.6. The van der Waals surface area contributed by atoms with Crippen LogP contribution in [0.3, 0.4) is 0 Å². The summed E-state index contributed by atoms with van der Waals surface area (Å²) < 4.78 is 0. The molecule has 0 rings (SSSR count). The highest BCUT2D eigenvalue weighted by Crippen LogP contribution is 2.16. The van der Waals surface area contributed by atoms with Gasteiger partial charge in [0.2, 0.25) is 11.8 Å². The first-order chi connectivity index (χ1) is 7.29. The van der Waals surface area contributed by atoms with Crippen LogP contribution in [-0.2, 0) is 9.59 Å². The van der Waals surface area contributed by atoms with Crippen molar-refractivity contribution >= 4 is 11.8 Å². The zero-order chi connectivity index (χ0) is 12.8. The molecule has 0 radical (unpaired) electrons. The van der Waals surface area contributed by atoms with E-state index in [0.717, 1.165) is 0 Å². The highest BCUT2D eigenvalue weighted by atomic mass is 16.2. The van der Waals surface area contributed by atoms with Crippen LogP contribution in [-0.4, -0.2) is 30.9 Å². The van der Waals surface area contributed by atoms with E-state index in [1.165, 1.54) is 0 Å². The van der Waals surface area contributed by atoms with Crippen LogP contribution in [0.25, 0.3) is 0 Å². The van der Waals surface area contributed by atoms with Crippen molar-refractivity contribution in [3.63, 3.8) is 0 Å². The van der Waals surface area contributed by atoms with Crippen molar-refractivity contribution in [1.82, 2.24) is 10.6 Å². The fourth-order valence-corrected chi connectivity index (χ4v) is 1.09. The quantitative estimate of drug-likeness (QED) is 0.620. The fourth-order valence-electron chi connectivity index (χ4n) is 1.09. The minimum atomic E-state index is -0.554. The van der Waals surface area contributed by atoms with E-state index in [9.17, 15) is 9.59 Å². The highest BCUT2D eigenvalue weighted by molar-refractivity contribution is 5.83. The maximum absolute atomic E-state index is 11.6. The van der Waals surface area contributed by atoms with Gasteiger partial charge in [-0.05, 0) is 12.3 Å². The second kappa shape index (κ2) is 6.48. The largest absolute Gasteiger partial charge is 0.356 e. The molecule has 0 spiro atoms. The molecule has 0 aromatic heterocycles. The van der Waals surface area contributed by atoms with E-state index >= 15 is 0 Å². The molecule has 1 atom stereocenters. The lowest BCUT2D eigenvalue weighted by Gasteiger charge is -2.25. The first kappa shape index (κ1) is 14.9. The third kappa shape index (κ3) is 5.70. The van der Waals surface area contributed by atoms with E-state index in [-0.39, 0.29) is 23.7 Å². The Balaban J connectivity index is 3.87. The normalized spacial score (nSPS) is 13.1. The van der Waals surface area contributed by atoms with Gasteiger partial charge in [0.25, 0.3) is 0 Å². The van der Waals surface area contributed by atoms with Crippen LogP contribution in [0.4, 0.5) is 0 Å². The summed E-state index contributed by atoms with van der Waals surface area (Å²) in [4.78, 5) is 22.7. The molecule has 0 fully saturated rings. The average molecular weight is 229 g/mol. The molecule has 16 heavy (non-hydrogen) atoms. The highest BCUT2D eigenvalue weighted by Gasteiger charge is 2.26. The van der Waals surface area contributed by atoms with Crippen molar-refractivity contribution in [2.45, 2.75) is 40.2 Å². The molecule has 5 heteroatoms. The number of carbonyl (C=O) groups is 2. The average Bonchev–Trinajstić information content (AvgIpc) is 2.15. The second-order valence-corrected chi connectivity index (χ2v) is 4.84. The first-order valence-corrected chi connectivity index (χ1v) is 5.59. The summed E-state index contributed by atoms with van der Waals surface area (Å²) in [5.41, 5.74) is 5.49. The Morgan fingerprint density at radius 2 is 1.81 bits per heavy atom. The van der Waals surface area contributed by atoms with Gasteiger partial charge < -0.3 is 16.4 Å². The van der Waals surface area contributed by atoms with E-state index in [4.69, 9.17) is 5.73 Å². The molecule has 2 amide bonds. The molecule has 0 aromatic carbocycles. The van der Waals surface area contributed by atoms with Gasteiger partial charge in [-0.15, -0.1) is 0 Å². The van der Waals surface area contributed by atoms with Gasteiger partial charge in [0.05, 0.1) is 6.04 Å². The molecule has 0 aliphatic heterocycles. The lowest BCUT2D eigenvalue weighted by Crippen LogP contribution is -2.49. The minimum absolute atomic E-state index is 0.0628. The summed E-state index contributed by atoms with van der Waals surface area (Å²) in [6, 6.07) is -0.554. The summed E-state index contributed by atoms with van der Waals surface area (Å²) in [6.45, 7) is 8.50. The third-order valence-corrected chi connectivity index (χ3v) is 2.24. The molecule has 1 unspecified atom stereocenters. The Labute approximate surface area is 97.2 Å². The Hall–Kier alpha value is -1.10. The Bertz CT molecular complexity index is 246. The molecule has 4 N–H and O–H groups in total. The van der Waals surface area contributed by atoms with E-state index in [1.807, 2.05) is 27.7 Å². The molecule has 0 aliphatic carbocycles. The van der Waals surface area contributed by atoms with Crippen LogP contribution in [0.2, 0.25) is 0 Å². The zero-order valence-electron chi connectivity index (χ0n) is 10.6. The molecule has 0 bridgehead atoms. The van der Waals surface area contributed by atoms with Gasteiger partial charge in [-0.2, -0.15) is 0 Å². The van der Waals surface area contributed by atoms with Crippen LogP contribution in [0.5, 0.6) is 0 Å². The van der Waals surface area contributed by atoms with Crippen LogP contribution < -0.4 is 16.4 Å². The van der Waals surface area contributed by atoms with E-state index in [1.54, 1.807) is 0 Å². The van der Waals surface area contributed by atoms with E-state index in [0.29, 0.717) is 13.1 Å². The number of hydrogen-bond acceptors (Lipinski definition) is 3. The Kier molecular flexibility index (Phi) is 6.03. The molecular formula is C11H23N3O2. The molecule has 0 aliphatic rings.